The molecule has 1 aliphatic heterocycles. The number of nitrogens with zero attached hydrogens (tertiary/aromatic N) is 3. The van der Waals surface area contributed by atoms with Crippen molar-refractivity contribution in [2.24, 2.45) is 0 Å². The van der Waals surface area contributed by atoms with Crippen LogP contribution in [0.1, 0.15) is 24.3 Å². The molecule has 2 aromatic rings. The Morgan fingerprint density at radius 1 is 1.32 bits per heavy atom. The SMILES string of the molecule is Cc1ccc(-c2nc(CC(=O)N(CCCN(C)C)C3CCS(=O)(=O)C3)cs2)o1. The molecular formula is C19H27N3O4S2. The summed E-state index contributed by atoms with van der Waals surface area (Å²) in [6.45, 7) is 3.29. The lowest BCUT2D eigenvalue weighted by atomic mass is 10.1. The molecule has 0 saturated carbocycles. The van der Waals surface area contributed by atoms with Crippen molar-refractivity contribution >= 4 is 27.1 Å². The summed E-state index contributed by atoms with van der Waals surface area (Å²) in [5.41, 5.74) is 0.692. The van der Waals surface area contributed by atoms with Crippen LogP contribution in [0.15, 0.2) is 21.9 Å². The zero-order valence-corrected chi connectivity index (χ0v) is 18.2. The second kappa shape index (κ2) is 8.75. The highest BCUT2D eigenvalue weighted by Gasteiger charge is 2.34. The van der Waals surface area contributed by atoms with Crippen molar-refractivity contribution in [2.45, 2.75) is 32.2 Å². The first kappa shape index (κ1) is 21.0. The van der Waals surface area contributed by atoms with E-state index in [1.54, 1.807) is 4.90 Å². The number of carbonyl (C=O) groups is 1. The summed E-state index contributed by atoms with van der Waals surface area (Å²) < 4.78 is 29.4. The van der Waals surface area contributed by atoms with Gasteiger partial charge in [0, 0.05) is 18.0 Å². The highest BCUT2D eigenvalue weighted by atomic mass is 32.2. The third kappa shape index (κ3) is 5.42. The summed E-state index contributed by atoms with van der Waals surface area (Å²) in [5, 5.41) is 2.62. The molecule has 1 saturated heterocycles. The summed E-state index contributed by atoms with van der Waals surface area (Å²) in [6.07, 6.45) is 1.50. The quantitative estimate of drug-likeness (QED) is 0.645. The number of furan rings is 1. The Bertz CT molecular complexity index is 917. The van der Waals surface area contributed by atoms with Gasteiger partial charge < -0.3 is 14.2 Å². The van der Waals surface area contributed by atoms with E-state index >= 15 is 0 Å². The highest BCUT2D eigenvalue weighted by molar-refractivity contribution is 7.91. The van der Waals surface area contributed by atoms with E-state index < -0.39 is 9.84 Å². The van der Waals surface area contributed by atoms with Crippen LogP contribution in [0.25, 0.3) is 10.8 Å². The van der Waals surface area contributed by atoms with E-state index in [0.29, 0.717) is 24.4 Å². The molecule has 1 amide bonds. The molecule has 1 aliphatic rings. The Labute approximate surface area is 170 Å². The van der Waals surface area contributed by atoms with Crippen LogP contribution in [-0.2, 0) is 21.1 Å². The van der Waals surface area contributed by atoms with Crippen molar-refractivity contribution < 1.29 is 17.6 Å². The number of sulfone groups is 1. The fourth-order valence-electron chi connectivity index (χ4n) is 3.40. The first-order chi connectivity index (χ1) is 13.2. The molecule has 1 atom stereocenters. The second-order valence-electron chi connectivity index (χ2n) is 7.53. The van der Waals surface area contributed by atoms with Crippen LogP contribution < -0.4 is 0 Å². The number of rotatable bonds is 8. The minimum atomic E-state index is -3.05. The van der Waals surface area contributed by atoms with Crippen molar-refractivity contribution in [1.29, 1.82) is 0 Å². The van der Waals surface area contributed by atoms with E-state index in [-0.39, 0.29) is 29.9 Å². The molecule has 7 nitrogen and oxygen atoms in total. The molecule has 0 radical (unpaired) electrons. The monoisotopic (exact) mass is 425 g/mol. The molecule has 0 aliphatic carbocycles. The van der Waals surface area contributed by atoms with Crippen LogP contribution >= 0.6 is 11.3 Å². The van der Waals surface area contributed by atoms with E-state index in [0.717, 1.165) is 23.7 Å². The van der Waals surface area contributed by atoms with Gasteiger partial charge >= 0.3 is 0 Å². The highest BCUT2D eigenvalue weighted by Crippen LogP contribution is 2.26. The smallest absolute Gasteiger partial charge is 0.228 e. The Morgan fingerprint density at radius 2 is 2.11 bits per heavy atom. The molecule has 9 heteroatoms. The molecule has 3 rings (SSSR count). The van der Waals surface area contributed by atoms with Gasteiger partial charge in [-0.3, -0.25) is 4.79 Å². The first-order valence-corrected chi connectivity index (χ1v) is 12.1. The molecule has 1 fully saturated rings. The summed E-state index contributed by atoms with van der Waals surface area (Å²) in [4.78, 5) is 21.3. The Balaban J connectivity index is 1.69. The van der Waals surface area contributed by atoms with Gasteiger partial charge in [-0.2, -0.15) is 0 Å². The molecule has 2 aromatic heterocycles. The lowest BCUT2D eigenvalue weighted by Crippen LogP contribution is -2.43. The summed E-state index contributed by atoms with van der Waals surface area (Å²) in [7, 11) is 0.923. The molecule has 3 heterocycles. The molecule has 0 spiro atoms. The first-order valence-electron chi connectivity index (χ1n) is 9.39. The van der Waals surface area contributed by atoms with E-state index in [1.807, 2.05) is 38.5 Å². The molecule has 0 bridgehead atoms. The zero-order valence-electron chi connectivity index (χ0n) is 16.6. The minimum absolute atomic E-state index is 0.0617. The van der Waals surface area contributed by atoms with Crippen LogP contribution in [0.3, 0.4) is 0 Å². The fourth-order valence-corrected chi connectivity index (χ4v) is 5.91. The van der Waals surface area contributed by atoms with Crippen LogP contribution in [0, 0.1) is 6.92 Å². The topological polar surface area (TPSA) is 83.7 Å². The van der Waals surface area contributed by atoms with Crippen LogP contribution in [-0.4, -0.2) is 73.8 Å². The number of thiazole rings is 1. The fraction of sp³-hybridized carbons (Fsp3) is 0.579. The maximum Gasteiger partial charge on any atom is 0.228 e. The standard InChI is InChI=1S/C19H27N3O4S2/c1-14-5-6-17(26-14)19-20-15(12-27-19)11-18(23)22(9-4-8-21(2)3)16-7-10-28(24,25)13-16/h5-6,12,16H,4,7-11,13H2,1-3H3. The van der Waals surface area contributed by atoms with Gasteiger partial charge in [-0.05, 0) is 52.5 Å². The van der Waals surface area contributed by atoms with Gasteiger partial charge in [0.15, 0.2) is 20.6 Å². The van der Waals surface area contributed by atoms with Gasteiger partial charge in [0.1, 0.15) is 5.76 Å². The third-order valence-corrected chi connectivity index (χ3v) is 7.47. The minimum Gasteiger partial charge on any atom is -0.459 e. The molecule has 0 aromatic carbocycles. The van der Waals surface area contributed by atoms with Crippen molar-refractivity contribution in [1.82, 2.24) is 14.8 Å². The van der Waals surface area contributed by atoms with E-state index in [9.17, 15) is 13.2 Å². The van der Waals surface area contributed by atoms with Gasteiger partial charge in [-0.1, -0.05) is 0 Å². The lowest BCUT2D eigenvalue weighted by molar-refractivity contribution is -0.132. The molecule has 154 valence electrons. The third-order valence-electron chi connectivity index (χ3n) is 4.81. The number of hydrogen-bond acceptors (Lipinski definition) is 7. The van der Waals surface area contributed by atoms with Crippen LogP contribution in [0.4, 0.5) is 0 Å². The Kier molecular flexibility index (Phi) is 6.57. The summed E-state index contributed by atoms with van der Waals surface area (Å²) in [5.74, 6) is 1.68. The number of aryl methyl sites for hydroxylation is 1. The largest absolute Gasteiger partial charge is 0.459 e. The van der Waals surface area contributed by atoms with Gasteiger partial charge in [0.2, 0.25) is 5.91 Å². The predicted molar refractivity (Wildman–Crippen MR) is 110 cm³/mol. The zero-order chi connectivity index (χ0) is 20.3. The van der Waals surface area contributed by atoms with E-state index in [1.165, 1.54) is 11.3 Å². The van der Waals surface area contributed by atoms with Crippen LogP contribution in [0.5, 0.6) is 0 Å². The van der Waals surface area contributed by atoms with Crippen molar-refractivity contribution in [3.05, 3.63) is 29.0 Å². The number of amides is 1. The molecule has 1 unspecified atom stereocenters. The molecule has 28 heavy (non-hydrogen) atoms. The number of carbonyl (C=O) groups excluding carboxylic acids is 1. The van der Waals surface area contributed by atoms with Crippen molar-refractivity contribution in [3.8, 4) is 10.8 Å². The molecular weight excluding hydrogens is 398 g/mol. The summed E-state index contributed by atoms with van der Waals surface area (Å²) >= 11 is 1.45. The van der Waals surface area contributed by atoms with Gasteiger partial charge in [-0.25, -0.2) is 13.4 Å². The van der Waals surface area contributed by atoms with Crippen molar-refractivity contribution in [3.63, 3.8) is 0 Å². The van der Waals surface area contributed by atoms with Crippen molar-refractivity contribution in [2.75, 3.05) is 38.7 Å². The maximum atomic E-state index is 13.0. The van der Waals surface area contributed by atoms with E-state index in [2.05, 4.69) is 9.88 Å². The van der Waals surface area contributed by atoms with Gasteiger partial charge in [0.25, 0.3) is 0 Å². The normalized spacial score (nSPS) is 18.6. The summed E-state index contributed by atoms with van der Waals surface area (Å²) in [6, 6.07) is 3.52. The lowest BCUT2D eigenvalue weighted by Gasteiger charge is -2.28. The van der Waals surface area contributed by atoms with Gasteiger partial charge in [0.05, 0.1) is 23.6 Å². The Hall–Kier alpha value is -1.71. The molecule has 0 N–H and O–H groups in total. The second-order valence-corrected chi connectivity index (χ2v) is 10.6. The number of hydrogen-bond donors (Lipinski definition) is 0. The average molecular weight is 426 g/mol. The van der Waals surface area contributed by atoms with E-state index in [4.69, 9.17) is 4.42 Å². The van der Waals surface area contributed by atoms with Gasteiger partial charge in [-0.15, -0.1) is 11.3 Å². The average Bonchev–Trinajstić information content (AvgIpc) is 3.31. The Morgan fingerprint density at radius 3 is 2.71 bits per heavy atom. The maximum absolute atomic E-state index is 13.0. The number of aromatic nitrogens is 1. The van der Waals surface area contributed by atoms with Crippen LogP contribution in [0.2, 0.25) is 0 Å². The predicted octanol–water partition coefficient (Wildman–Crippen LogP) is 2.22.